The number of rotatable bonds is 3. The zero-order valence-electron chi connectivity index (χ0n) is 8.79. The van der Waals surface area contributed by atoms with Crippen molar-refractivity contribution < 1.29 is 0 Å². The van der Waals surface area contributed by atoms with Crippen LogP contribution in [0, 0.1) is 0 Å². The second-order valence-electron chi connectivity index (χ2n) is 4.16. The lowest BCUT2D eigenvalue weighted by Crippen LogP contribution is -2.43. The molecule has 1 atom stereocenters. The molecule has 2 nitrogen and oxygen atoms in total. The van der Waals surface area contributed by atoms with E-state index in [9.17, 15) is 0 Å². The molecule has 1 aromatic rings. The Balaban J connectivity index is 1.77. The van der Waals surface area contributed by atoms with E-state index in [1.165, 1.54) is 24.3 Å². The van der Waals surface area contributed by atoms with Gasteiger partial charge in [-0.1, -0.05) is 11.6 Å². The molecular formula is C11H17ClN2S. The van der Waals surface area contributed by atoms with Crippen LogP contribution in [0.2, 0.25) is 4.34 Å². The number of nitrogens with two attached hydrogens (primary N) is 1. The lowest BCUT2D eigenvalue weighted by atomic mass is 10.1. The van der Waals surface area contributed by atoms with Crippen molar-refractivity contribution in [1.82, 2.24) is 4.90 Å². The molecule has 0 aliphatic carbocycles. The number of halogens is 1. The summed E-state index contributed by atoms with van der Waals surface area (Å²) in [6.07, 6.45) is 3.53. The maximum absolute atomic E-state index is 5.94. The predicted octanol–water partition coefficient (Wildman–Crippen LogP) is 2.37. The summed E-state index contributed by atoms with van der Waals surface area (Å²) < 4.78 is 0.889. The zero-order chi connectivity index (χ0) is 10.7. The topological polar surface area (TPSA) is 29.3 Å². The summed E-state index contributed by atoms with van der Waals surface area (Å²) in [5.74, 6) is 0. The Morgan fingerprint density at radius 2 is 2.40 bits per heavy atom. The number of hydrogen-bond acceptors (Lipinski definition) is 3. The van der Waals surface area contributed by atoms with Crippen LogP contribution in [0.25, 0.3) is 0 Å². The van der Waals surface area contributed by atoms with Gasteiger partial charge in [-0.2, -0.15) is 0 Å². The lowest BCUT2D eigenvalue weighted by molar-refractivity contribution is 0.212. The fourth-order valence-electron chi connectivity index (χ4n) is 2.05. The Morgan fingerprint density at radius 1 is 1.53 bits per heavy atom. The van der Waals surface area contributed by atoms with Crippen molar-refractivity contribution >= 4 is 22.9 Å². The van der Waals surface area contributed by atoms with Gasteiger partial charge in [0.1, 0.15) is 0 Å². The summed E-state index contributed by atoms with van der Waals surface area (Å²) >= 11 is 7.57. The third-order valence-electron chi connectivity index (χ3n) is 2.85. The highest BCUT2D eigenvalue weighted by molar-refractivity contribution is 7.16. The van der Waals surface area contributed by atoms with Gasteiger partial charge in [-0.25, -0.2) is 0 Å². The summed E-state index contributed by atoms with van der Waals surface area (Å²) in [6, 6.07) is 4.48. The molecule has 1 aliphatic rings. The Morgan fingerprint density at radius 3 is 3.07 bits per heavy atom. The largest absolute Gasteiger partial charge is 0.327 e. The number of hydrogen-bond donors (Lipinski definition) is 1. The number of nitrogens with zero attached hydrogens (tertiary/aromatic N) is 1. The first-order chi connectivity index (χ1) is 7.24. The fourth-order valence-corrected chi connectivity index (χ4v) is 3.13. The molecule has 1 aliphatic heterocycles. The van der Waals surface area contributed by atoms with Gasteiger partial charge in [0.15, 0.2) is 0 Å². The highest BCUT2D eigenvalue weighted by Gasteiger charge is 2.16. The quantitative estimate of drug-likeness (QED) is 0.885. The van der Waals surface area contributed by atoms with Gasteiger partial charge in [0, 0.05) is 24.0 Å². The standard InChI is InChI=1S/C11H17ClN2S/c12-11-4-3-10(15-11)5-7-14-6-1-2-9(13)8-14/h3-4,9H,1-2,5-8,13H2. The van der Waals surface area contributed by atoms with Crippen LogP contribution >= 0.6 is 22.9 Å². The second kappa shape index (κ2) is 5.30. The van der Waals surface area contributed by atoms with E-state index in [2.05, 4.69) is 11.0 Å². The van der Waals surface area contributed by atoms with E-state index in [-0.39, 0.29) is 0 Å². The molecule has 1 saturated heterocycles. The average molecular weight is 245 g/mol. The van der Waals surface area contributed by atoms with Crippen LogP contribution in [0.3, 0.4) is 0 Å². The smallest absolute Gasteiger partial charge is 0.0931 e. The molecule has 4 heteroatoms. The molecule has 0 amide bonds. The van der Waals surface area contributed by atoms with Gasteiger partial charge in [-0.15, -0.1) is 11.3 Å². The molecule has 0 radical (unpaired) electrons. The number of likely N-dealkylation sites (tertiary alicyclic amines) is 1. The fraction of sp³-hybridized carbons (Fsp3) is 0.636. The van der Waals surface area contributed by atoms with Gasteiger partial charge in [0.25, 0.3) is 0 Å². The summed E-state index contributed by atoms with van der Waals surface area (Å²) in [5.41, 5.74) is 5.94. The van der Waals surface area contributed by atoms with Gasteiger partial charge in [-0.3, -0.25) is 0 Å². The second-order valence-corrected chi connectivity index (χ2v) is 5.96. The van der Waals surface area contributed by atoms with Crippen LogP contribution in [0.15, 0.2) is 12.1 Å². The third kappa shape index (κ3) is 3.45. The van der Waals surface area contributed by atoms with Crippen LogP contribution in [0.1, 0.15) is 17.7 Å². The molecule has 1 fully saturated rings. The molecular weight excluding hydrogens is 228 g/mol. The first-order valence-electron chi connectivity index (χ1n) is 5.46. The molecule has 0 spiro atoms. The van der Waals surface area contributed by atoms with Gasteiger partial charge in [-0.05, 0) is 37.9 Å². The first kappa shape index (κ1) is 11.4. The van der Waals surface area contributed by atoms with Crippen molar-refractivity contribution in [2.75, 3.05) is 19.6 Å². The van der Waals surface area contributed by atoms with E-state index in [1.54, 1.807) is 11.3 Å². The molecule has 0 bridgehead atoms. The van der Waals surface area contributed by atoms with Gasteiger partial charge >= 0.3 is 0 Å². The van der Waals surface area contributed by atoms with Crippen LogP contribution in [0.5, 0.6) is 0 Å². The summed E-state index contributed by atoms with van der Waals surface area (Å²) in [4.78, 5) is 3.83. The van der Waals surface area contributed by atoms with Crippen molar-refractivity contribution in [3.05, 3.63) is 21.3 Å². The number of thiophene rings is 1. The van der Waals surface area contributed by atoms with Crippen LogP contribution in [-0.4, -0.2) is 30.6 Å². The molecule has 2 heterocycles. The maximum Gasteiger partial charge on any atom is 0.0931 e. The van der Waals surface area contributed by atoms with Crippen molar-refractivity contribution in [2.24, 2.45) is 5.73 Å². The molecule has 1 aromatic heterocycles. The summed E-state index contributed by atoms with van der Waals surface area (Å²) in [7, 11) is 0. The van der Waals surface area contributed by atoms with Gasteiger partial charge < -0.3 is 10.6 Å². The summed E-state index contributed by atoms with van der Waals surface area (Å²) in [6.45, 7) is 3.37. The van der Waals surface area contributed by atoms with E-state index in [1.807, 2.05) is 6.07 Å². The van der Waals surface area contributed by atoms with Crippen molar-refractivity contribution in [2.45, 2.75) is 25.3 Å². The van der Waals surface area contributed by atoms with Crippen LogP contribution in [0.4, 0.5) is 0 Å². The summed E-state index contributed by atoms with van der Waals surface area (Å²) in [5, 5.41) is 0. The SMILES string of the molecule is NC1CCCN(CCc2ccc(Cl)s2)C1. The predicted molar refractivity (Wildman–Crippen MR) is 66.7 cm³/mol. The average Bonchev–Trinajstić information content (AvgIpc) is 2.62. The van der Waals surface area contributed by atoms with E-state index in [0.29, 0.717) is 6.04 Å². The Bertz CT molecular complexity index is 313. The van der Waals surface area contributed by atoms with Gasteiger partial charge in [0.05, 0.1) is 4.34 Å². The molecule has 2 N–H and O–H groups in total. The molecule has 0 saturated carbocycles. The third-order valence-corrected chi connectivity index (χ3v) is 4.14. The molecule has 1 unspecified atom stereocenters. The molecule has 84 valence electrons. The maximum atomic E-state index is 5.94. The first-order valence-corrected chi connectivity index (χ1v) is 6.65. The molecule has 0 aromatic carbocycles. The minimum Gasteiger partial charge on any atom is -0.327 e. The van der Waals surface area contributed by atoms with Gasteiger partial charge in [0.2, 0.25) is 0 Å². The molecule has 2 rings (SSSR count). The minimum absolute atomic E-state index is 0.380. The Hall–Kier alpha value is -0.0900. The highest BCUT2D eigenvalue weighted by Crippen LogP contribution is 2.22. The van der Waals surface area contributed by atoms with E-state index in [0.717, 1.165) is 23.8 Å². The molecule has 15 heavy (non-hydrogen) atoms. The van der Waals surface area contributed by atoms with Crippen molar-refractivity contribution in [3.63, 3.8) is 0 Å². The zero-order valence-corrected chi connectivity index (χ0v) is 10.4. The van der Waals surface area contributed by atoms with Crippen molar-refractivity contribution in [1.29, 1.82) is 0 Å². The lowest BCUT2D eigenvalue weighted by Gasteiger charge is -2.30. The van der Waals surface area contributed by atoms with E-state index in [4.69, 9.17) is 17.3 Å². The monoisotopic (exact) mass is 244 g/mol. The highest BCUT2D eigenvalue weighted by atomic mass is 35.5. The van der Waals surface area contributed by atoms with Crippen LogP contribution < -0.4 is 5.73 Å². The van der Waals surface area contributed by atoms with Crippen LogP contribution in [-0.2, 0) is 6.42 Å². The Labute approximate surface area is 100 Å². The number of piperidine rings is 1. The normalized spacial score (nSPS) is 23.2. The Kier molecular flexibility index (Phi) is 4.03. The van der Waals surface area contributed by atoms with E-state index >= 15 is 0 Å². The van der Waals surface area contributed by atoms with E-state index < -0.39 is 0 Å². The van der Waals surface area contributed by atoms with Crippen molar-refractivity contribution in [3.8, 4) is 0 Å². The minimum atomic E-state index is 0.380.